The summed E-state index contributed by atoms with van der Waals surface area (Å²) >= 11 is 0. The van der Waals surface area contributed by atoms with Crippen molar-refractivity contribution in [2.24, 2.45) is 0 Å². The number of aryl methyl sites for hydroxylation is 1. The van der Waals surface area contributed by atoms with E-state index in [9.17, 15) is 0 Å². The highest BCUT2D eigenvalue weighted by Crippen LogP contribution is 2.39. The van der Waals surface area contributed by atoms with E-state index in [4.69, 9.17) is 5.10 Å². The molecule has 248 valence electrons. The predicted octanol–water partition coefficient (Wildman–Crippen LogP) is 13.2. The van der Waals surface area contributed by atoms with Gasteiger partial charge in [0.25, 0.3) is 0 Å². The standard InChI is InChI=1S/C49H37N3/c1-2-45-48(50-52-47(39-18-10-5-11-19-39)34-41-20-12-13-21-46(41)49(45)52)40-26-32-44(33-27-40)51(42-28-22-37(23-29-42)35-14-6-3-7-15-35)43-30-24-38(25-31-43)36-16-8-4-9-17-36/h3-34H,2H2,1H3. The third-order valence-electron chi connectivity index (χ3n) is 10.0. The molecule has 0 unspecified atom stereocenters. The molecule has 0 aliphatic carbocycles. The molecule has 52 heavy (non-hydrogen) atoms. The average molecular weight is 668 g/mol. The van der Waals surface area contributed by atoms with Crippen molar-refractivity contribution in [2.45, 2.75) is 13.3 Å². The number of hydrogen-bond donors (Lipinski definition) is 0. The second-order valence-corrected chi connectivity index (χ2v) is 13.1. The van der Waals surface area contributed by atoms with Crippen LogP contribution in [0.3, 0.4) is 0 Å². The summed E-state index contributed by atoms with van der Waals surface area (Å²) in [7, 11) is 0. The molecule has 0 fully saturated rings. The Morgan fingerprint density at radius 2 is 0.865 bits per heavy atom. The molecule has 0 atom stereocenters. The van der Waals surface area contributed by atoms with Gasteiger partial charge in [-0.2, -0.15) is 5.10 Å². The zero-order chi connectivity index (χ0) is 34.9. The molecule has 0 aliphatic rings. The van der Waals surface area contributed by atoms with E-state index in [0.29, 0.717) is 0 Å². The van der Waals surface area contributed by atoms with Gasteiger partial charge in [-0.25, -0.2) is 4.52 Å². The number of fused-ring (bicyclic) bond motifs is 3. The summed E-state index contributed by atoms with van der Waals surface area (Å²) in [4.78, 5) is 2.33. The Kier molecular flexibility index (Phi) is 8.15. The Labute approximate surface area is 304 Å². The number of anilines is 3. The SMILES string of the molecule is CCc1c(-c2ccc(N(c3ccc(-c4ccccc4)cc3)c3ccc(-c4ccccc4)cc3)cc2)nn2c(-c3ccccc3)cc3ccccc3c12. The molecule has 9 rings (SSSR count). The maximum Gasteiger partial charge on any atom is 0.0966 e. The van der Waals surface area contributed by atoms with Gasteiger partial charge in [-0.05, 0) is 76.5 Å². The van der Waals surface area contributed by atoms with Crippen molar-refractivity contribution in [3.8, 4) is 44.8 Å². The van der Waals surface area contributed by atoms with Gasteiger partial charge in [0.2, 0.25) is 0 Å². The molecule has 0 radical (unpaired) electrons. The average Bonchev–Trinajstić information content (AvgIpc) is 3.63. The molecule has 2 heterocycles. The lowest BCUT2D eigenvalue weighted by Gasteiger charge is -2.26. The largest absolute Gasteiger partial charge is 0.311 e. The highest BCUT2D eigenvalue weighted by atomic mass is 15.2. The first kappa shape index (κ1) is 31.3. The minimum absolute atomic E-state index is 0.872. The normalized spacial score (nSPS) is 11.2. The summed E-state index contributed by atoms with van der Waals surface area (Å²) in [6.45, 7) is 2.23. The molecule has 0 N–H and O–H groups in total. The summed E-state index contributed by atoms with van der Waals surface area (Å²) < 4.78 is 2.16. The molecule has 9 aromatic rings. The van der Waals surface area contributed by atoms with Gasteiger partial charge in [0.15, 0.2) is 0 Å². The first-order valence-corrected chi connectivity index (χ1v) is 18.0. The van der Waals surface area contributed by atoms with Gasteiger partial charge in [-0.3, -0.25) is 0 Å². The van der Waals surface area contributed by atoms with Crippen molar-refractivity contribution in [3.05, 3.63) is 200 Å². The monoisotopic (exact) mass is 667 g/mol. The molecule has 0 aliphatic heterocycles. The van der Waals surface area contributed by atoms with Crippen molar-refractivity contribution in [2.75, 3.05) is 4.90 Å². The fourth-order valence-electron chi connectivity index (χ4n) is 7.41. The second-order valence-electron chi connectivity index (χ2n) is 13.1. The fourth-order valence-corrected chi connectivity index (χ4v) is 7.41. The van der Waals surface area contributed by atoms with Crippen LogP contribution < -0.4 is 4.90 Å². The highest BCUT2D eigenvalue weighted by Gasteiger charge is 2.20. The third-order valence-corrected chi connectivity index (χ3v) is 10.0. The Balaban J connectivity index is 1.15. The van der Waals surface area contributed by atoms with Gasteiger partial charge in [0, 0.05) is 39.1 Å². The summed E-state index contributed by atoms with van der Waals surface area (Å²) in [5.74, 6) is 0. The van der Waals surface area contributed by atoms with E-state index in [0.717, 1.165) is 46.0 Å². The molecular formula is C49H37N3. The molecule has 0 amide bonds. The lowest BCUT2D eigenvalue weighted by atomic mass is 10.00. The minimum Gasteiger partial charge on any atom is -0.311 e. The summed E-state index contributed by atoms with van der Waals surface area (Å²) in [5, 5.41) is 7.79. The molecule has 0 saturated carbocycles. The highest BCUT2D eigenvalue weighted by molar-refractivity contribution is 6.01. The molecule has 0 bridgehead atoms. The number of hydrogen-bond acceptors (Lipinski definition) is 2. The van der Waals surface area contributed by atoms with Gasteiger partial charge in [-0.15, -0.1) is 0 Å². The molecule has 0 saturated heterocycles. The molecule has 7 aromatic carbocycles. The quantitative estimate of drug-likeness (QED) is 0.161. The van der Waals surface area contributed by atoms with Crippen molar-refractivity contribution in [3.63, 3.8) is 0 Å². The van der Waals surface area contributed by atoms with Crippen LogP contribution in [0.2, 0.25) is 0 Å². The van der Waals surface area contributed by atoms with Crippen LogP contribution in [0.25, 0.3) is 61.1 Å². The minimum atomic E-state index is 0.872. The van der Waals surface area contributed by atoms with Crippen LogP contribution in [0.4, 0.5) is 17.1 Å². The smallest absolute Gasteiger partial charge is 0.0966 e. The lowest BCUT2D eigenvalue weighted by Crippen LogP contribution is -2.09. The van der Waals surface area contributed by atoms with E-state index in [1.54, 1.807) is 0 Å². The van der Waals surface area contributed by atoms with Crippen molar-refractivity contribution >= 4 is 33.4 Å². The Morgan fingerprint density at radius 1 is 0.442 bits per heavy atom. The first-order chi connectivity index (χ1) is 25.7. The maximum absolute atomic E-state index is 5.35. The van der Waals surface area contributed by atoms with Crippen LogP contribution in [0, 0.1) is 0 Å². The number of benzene rings is 7. The molecule has 0 spiro atoms. The van der Waals surface area contributed by atoms with Crippen molar-refractivity contribution in [1.82, 2.24) is 9.61 Å². The Bertz CT molecular complexity index is 2520. The molecule has 3 nitrogen and oxygen atoms in total. The predicted molar refractivity (Wildman–Crippen MR) is 219 cm³/mol. The van der Waals surface area contributed by atoms with E-state index in [1.165, 1.54) is 44.1 Å². The number of aromatic nitrogens is 2. The number of nitrogens with zero attached hydrogens (tertiary/aromatic N) is 3. The van der Waals surface area contributed by atoms with E-state index < -0.39 is 0 Å². The maximum atomic E-state index is 5.35. The van der Waals surface area contributed by atoms with Gasteiger partial charge in [0.1, 0.15) is 0 Å². The second kappa shape index (κ2) is 13.5. The topological polar surface area (TPSA) is 20.5 Å². The Hall–Kier alpha value is -6.71. The van der Waals surface area contributed by atoms with E-state index in [1.807, 2.05) is 0 Å². The van der Waals surface area contributed by atoms with Gasteiger partial charge in [-0.1, -0.05) is 159 Å². The summed E-state index contributed by atoms with van der Waals surface area (Å²) in [6.07, 6.45) is 0.872. The fraction of sp³-hybridized carbons (Fsp3) is 0.0408. The first-order valence-electron chi connectivity index (χ1n) is 18.0. The molecule has 3 heteroatoms. The van der Waals surface area contributed by atoms with Crippen LogP contribution in [-0.2, 0) is 6.42 Å². The lowest BCUT2D eigenvalue weighted by molar-refractivity contribution is 0.979. The van der Waals surface area contributed by atoms with Crippen LogP contribution in [0.1, 0.15) is 12.5 Å². The third kappa shape index (κ3) is 5.73. The summed E-state index contributed by atoms with van der Waals surface area (Å²) in [6, 6.07) is 69.2. The van der Waals surface area contributed by atoms with E-state index >= 15 is 0 Å². The van der Waals surface area contributed by atoms with Gasteiger partial charge < -0.3 is 4.90 Å². The van der Waals surface area contributed by atoms with Crippen LogP contribution >= 0.6 is 0 Å². The van der Waals surface area contributed by atoms with Crippen molar-refractivity contribution < 1.29 is 0 Å². The van der Waals surface area contributed by atoms with Crippen LogP contribution in [0.15, 0.2) is 194 Å². The van der Waals surface area contributed by atoms with Gasteiger partial charge >= 0.3 is 0 Å². The van der Waals surface area contributed by atoms with Crippen molar-refractivity contribution in [1.29, 1.82) is 0 Å². The van der Waals surface area contributed by atoms with Crippen LogP contribution in [-0.4, -0.2) is 9.61 Å². The Morgan fingerprint density at radius 3 is 1.37 bits per heavy atom. The molecular weight excluding hydrogens is 631 g/mol. The molecule has 2 aromatic heterocycles. The summed E-state index contributed by atoms with van der Waals surface area (Å²) in [5.41, 5.74) is 14.9. The van der Waals surface area contributed by atoms with E-state index in [-0.39, 0.29) is 0 Å². The number of rotatable bonds is 8. The van der Waals surface area contributed by atoms with Crippen LogP contribution in [0.5, 0.6) is 0 Å². The zero-order valence-corrected chi connectivity index (χ0v) is 29.0. The zero-order valence-electron chi connectivity index (χ0n) is 29.0. The van der Waals surface area contributed by atoms with Gasteiger partial charge in [0.05, 0.1) is 16.9 Å². The number of pyridine rings is 1. The van der Waals surface area contributed by atoms with E-state index in [2.05, 4.69) is 210 Å².